The van der Waals surface area contributed by atoms with Gasteiger partial charge in [-0.05, 0) is 60.7 Å². The number of azo groups is 1. The molecule has 158 valence electrons. The lowest BCUT2D eigenvalue weighted by Crippen LogP contribution is -2.03. The van der Waals surface area contributed by atoms with Gasteiger partial charge >= 0.3 is 11.6 Å². The van der Waals surface area contributed by atoms with E-state index in [0.717, 1.165) is 10.2 Å². The van der Waals surface area contributed by atoms with Crippen LogP contribution in [0, 0.1) is 10.1 Å². The molecular weight excluding hydrogens is 476 g/mol. The highest BCUT2D eigenvalue weighted by atomic mass is 79.9. The maximum atomic E-state index is 11.7. The number of halogens is 1. The van der Waals surface area contributed by atoms with Crippen LogP contribution in [0.15, 0.2) is 99.9 Å². The van der Waals surface area contributed by atoms with Crippen LogP contribution in [0.25, 0.3) is 0 Å². The van der Waals surface area contributed by atoms with Gasteiger partial charge in [0.1, 0.15) is 12.1 Å². The molecule has 3 aromatic carbocycles. The molecule has 0 bridgehead atoms. The average Bonchev–Trinajstić information content (AvgIpc) is 2.81. The van der Waals surface area contributed by atoms with Crippen molar-refractivity contribution in [2.24, 2.45) is 10.2 Å². The van der Waals surface area contributed by atoms with Crippen LogP contribution in [0.3, 0.4) is 0 Å². The summed E-state index contributed by atoms with van der Waals surface area (Å²) < 4.78 is 6.47. The number of nitrogens with zero attached hydrogens (tertiary/aromatic N) is 5. The van der Waals surface area contributed by atoms with Crippen molar-refractivity contribution in [3.8, 4) is 11.6 Å². The largest absolute Gasteiger partial charge is 0.434 e. The lowest BCUT2D eigenvalue weighted by atomic mass is 10.3. The molecule has 0 aliphatic rings. The molecule has 9 nitrogen and oxygen atoms in total. The number of aromatic nitrogens is 2. The molecule has 0 atom stereocenters. The number of nitrogens with one attached hydrogen (secondary N) is 1. The molecule has 1 heterocycles. The summed E-state index contributed by atoms with van der Waals surface area (Å²) in [6.07, 6.45) is 1.20. The van der Waals surface area contributed by atoms with E-state index in [1.807, 2.05) is 30.3 Å². The van der Waals surface area contributed by atoms with E-state index in [4.69, 9.17) is 4.74 Å². The number of ether oxygens (including phenoxy) is 1. The molecule has 0 amide bonds. The summed E-state index contributed by atoms with van der Waals surface area (Å²) >= 11 is 3.33. The van der Waals surface area contributed by atoms with Gasteiger partial charge in [-0.25, -0.2) is 4.98 Å². The van der Waals surface area contributed by atoms with E-state index in [9.17, 15) is 10.1 Å². The van der Waals surface area contributed by atoms with Gasteiger partial charge in [0.25, 0.3) is 0 Å². The Bertz CT molecular complexity index is 1250. The van der Waals surface area contributed by atoms with E-state index >= 15 is 0 Å². The predicted molar refractivity (Wildman–Crippen MR) is 123 cm³/mol. The van der Waals surface area contributed by atoms with Gasteiger partial charge in [0.15, 0.2) is 0 Å². The van der Waals surface area contributed by atoms with Crippen molar-refractivity contribution in [1.82, 2.24) is 9.97 Å². The molecule has 0 saturated carbocycles. The molecule has 0 aliphatic carbocycles. The molecule has 4 aromatic rings. The third-order valence-electron chi connectivity index (χ3n) is 4.17. The fourth-order valence-electron chi connectivity index (χ4n) is 2.67. The highest BCUT2D eigenvalue weighted by Gasteiger charge is 2.25. The molecule has 10 heteroatoms. The minimum Gasteiger partial charge on any atom is -0.434 e. The van der Waals surface area contributed by atoms with Crippen LogP contribution >= 0.6 is 15.9 Å². The number of hydrogen-bond donors (Lipinski definition) is 1. The minimum absolute atomic E-state index is 0.00998. The molecule has 0 fully saturated rings. The molecule has 32 heavy (non-hydrogen) atoms. The first-order valence-electron chi connectivity index (χ1n) is 9.35. The second-order valence-corrected chi connectivity index (χ2v) is 7.31. The van der Waals surface area contributed by atoms with Crippen molar-refractivity contribution < 1.29 is 9.66 Å². The fraction of sp³-hybridized carbons (Fsp3) is 0. The molecule has 4 rings (SSSR count). The van der Waals surface area contributed by atoms with Gasteiger partial charge in [-0.15, -0.1) is 0 Å². The monoisotopic (exact) mass is 490 g/mol. The van der Waals surface area contributed by atoms with Crippen molar-refractivity contribution in [3.05, 3.63) is 99.8 Å². The van der Waals surface area contributed by atoms with E-state index in [2.05, 4.69) is 41.4 Å². The molecule has 0 spiro atoms. The first kappa shape index (κ1) is 21.1. The molecule has 0 radical (unpaired) electrons. The van der Waals surface area contributed by atoms with Crippen molar-refractivity contribution >= 4 is 44.5 Å². The number of hydrogen-bond acceptors (Lipinski definition) is 8. The summed E-state index contributed by atoms with van der Waals surface area (Å²) in [4.78, 5) is 19.1. The van der Waals surface area contributed by atoms with Crippen molar-refractivity contribution in [2.75, 3.05) is 5.32 Å². The molecule has 0 aliphatic heterocycles. The van der Waals surface area contributed by atoms with Crippen LogP contribution < -0.4 is 10.1 Å². The number of rotatable bonds is 7. The van der Waals surface area contributed by atoms with Crippen molar-refractivity contribution in [3.63, 3.8) is 0 Å². The van der Waals surface area contributed by atoms with Gasteiger partial charge in [0.2, 0.25) is 5.82 Å². The number of anilines is 2. The Kier molecular flexibility index (Phi) is 6.42. The molecule has 1 aromatic heterocycles. The van der Waals surface area contributed by atoms with Gasteiger partial charge in [-0.2, -0.15) is 15.2 Å². The Balaban J connectivity index is 1.54. The minimum atomic E-state index is -0.584. The predicted octanol–water partition coefficient (Wildman–Crippen LogP) is 7.10. The SMILES string of the molecule is O=[N+]([O-])c1c(Nc2ccc(N=Nc3ccccc3)cc2)ncnc1Oc1ccc(Br)cc1. The third kappa shape index (κ3) is 5.29. The van der Waals surface area contributed by atoms with Gasteiger partial charge in [-0.3, -0.25) is 10.1 Å². The van der Waals surface area contributed by atoms with E-state index in [1.165, 1.54) is 6.33 Å². The highest BCUT2D eigenvalue weighted by molar-refractivity contribution is 9.10. The fourth-order valence-corrected chi connectivity index (χ4v) is 2.93. The second kappa shape index (κ2) is 9.75. The van der Waals surface area contributed by atoms with Crippen molar-refractivity contribution in [1.29, 1.82) is 0 Å². The molecular formula is C22H15BrN6O3. The van der Waals surface area contributed by atoms with E-state index in [0.29, 0.717) is 17.1 Å². The third-order valence-corrected chi connectivity index (χ3v) is 4.70. The maximum absolute atomic E-state index is 11.7. The first-order valence-corrected chi connectivity index (χ1v) is 10.1. The summed E-state index contributed by atoms with van der Waals surface area (Å²) in [6, 6.07) is 23.1. The molecule has 1 N–H and O–H groups in total. The normalized spacial score (nSPS) is 10.8. The summed E-state index contributed by atoms with van der Waals surface area (Å²) in [5, 5.41) is 23.0. The Morgan fingerprint density at radius 2 is 1.53 bits per heavy atom. The molecule has 0 saturated heterocycles. The van der Waals surface area contributed by atoms with Gasteiger partial charge in [0.05, 0.1) is 16.3 Å². The maximum Gasteiger partial charge on any atom is 0.373 e. The van der Waals surface area contributed by atoms with Crippen LogP contribution in [0.4, 0.5) is 28.6 Å². The summed E-state index contributed by atoms with van der Waals surface area (Å²) in [7, 11) is 0. The van der Waals surface area contributed by atoms with Crippen LogP contribution in [-0.2, 0) is 0 Å². The van der Waals surface area contributed by atoms with E-state index in [1.54, 1.807) is 48.5 Å². The second-order valence-electron chi connectivity index (χ2n) is 6.40. The number of nitro groups is 1. The van der Waals surface area contributed by atoms with Crippen LogP contribution in [0.5, 0.6) is 11.6 Å². The zero-order valence-electron chi connectivity index (χ0n) is 16.4. The summed E-state index contributed by atoms with van der Waals surface area (Å²) in [5.74, 6) is 0.257. The van der Waals surface area contributed by atoms with Crippen LogP contribution in [0.1, 0.15) is 0 Å². The van der Waals surface area contributed by atoms with Crippen LogP contribution in [0.2, 0.25) is 0 Å². The standard InChI is InChI=1S/C22H15BrN6O3/c23-15-6-12-19(13-7-15)32-22-20(29(30)31)21(24-14-25-22)26-16-8-10-18(11-9-16)28-27-17-4-2-1-3-5-17/h1-14H,(H,24,25,26). The molecule has 0 unspecified atom stereocenters. The van der Waals surface area contributed by atoms with E-state index < -0.39 is 4.92 Å². The Morgan fingerprint density at radius 3 is 2.19 bits per heavy atom. The van der Waals surface area contributed by atoms with Gasteiger partial charge in [0, 0.05) is 10.2 Å². The smallest absolute Gasteiger partial charge is 0.373 e. The average molecular weight is 491 g/mol. The van der Waals surface area contributed by atoms with E-state index in [-0.39, 0.29) is 17.4 Å². The van der Waals surface area contributed by atoms with Gasteiger partial charge in [-0.1, -0.05) is 34.1 Å². The quantitative estimate of drug-likeness (QED) is 0.168. The Morgan fingerprint density at radius 1 is 0.875 bits per heavy atom. The van der Waals surface area contributed by atoms with Crippen LogP contribution in [-0.4, -0.2) is 14.9 Å². The summed E-state index contributed by atoms with van der Waals surface area (Å²) in [6.45, 7) is 0. The van der Waals surface area contributed by atoms with Gasteiger partial charge < -0.3 is 10.1 Å². The summed E-state index contributed by atoms with van der Waals surface area (Å²) in [5.41, 5.74) is 1.59. The lowest BCUT2D eigenvalue weighted by molar-refractivity contribution is -0.385. The highest BCUT2D eigenvalue weighted by Crippen LogP contribution is 2.36. The lowest BCUT2D eigenvalue weighted by Gasteiger charge is -2.09. The Hall–Kier alpha value is -4.18. The zero-order chi connectivity index (χ0) is 22.3. The van der Waals surface area contributed by atoms with Crippen molar-refractivity contribution in [2.45, 2.75) is 0 Å². The topological polar surface area (TPSA) is 115 Å². The Labute approximate surface area is 191 Å². The zero-order valence-corrected chi connectivity index (χ0v) is 18.0. The first-order chi connectivity index (χ1) is 15.6. The number of benzene rings is 3.